The highest BCUT2D eigenvalue weighted by molar-refractivity contribution is 9.10. The Hall–Kier alpha value is -0.890. The van der Waals surface area contributed by atoms with E-state index in [2.05, 4.69) is 21.4 Å². The predicted octanol–water partition coefficient (Wildman–Crippen LogP) is 4.28. The fourth-order valence-corrected chi connectivity index (χ4v) is 3.49. The monoisotopic (exact) mass is 364 g/mol. The van der Waals surface area contributed by atoms with Crippen molar-refractivity contribution < 1.29 is 13.2 Å². The number of hydrogen-bond acceptors (Lipinski definition) is 3. The summed E-state index contributed by atoms with van der Waals surface area (Å²) in [5, 5.41) is 3.89. The molecule has 20 heavy (non-hydrogen) atoms. The van der Waals surface area contributed by atoms with E-state index in [0.29, 0.717) is 6.42 Å². The van der Waals surface area contributed by atoms with E-state index in [4.69, 9.17) is 5.84 Å². The molecule has 108 valence electrons. The Balaban J connectivity index is 2.15. The van der Waals surface area contributed by atoms with Crippen LogP contribution in [0, 0.1) is 0 Å². The van der Waals surface area contributed by atoms with Gasteiger partial charge in [-0.1, -0.05) is 12.1 Å². The molecule has 0 aliphatic carbocycles. The number of alkyl halides is 3. The molecular formula is C13H12BrF3N2S. The number of thiophene rings is 1. The van der Waals surface area contributed by atoms with Crippen LogP contribution >= 0.6 is 27.3 Å². The van der Waals surface area contributed by atoms with Crippen molar-refractivity contribution in [2.45, 2.75) is 18.6 Å². The van der Waals surface area contributed by atoms with Gasteiger partial charge in [0.15, 0.2) is 0 Å². The van der Waals surface area contributed by atoms with Crippen LogP contribution in [0.5, 0.6) is 0 Å². The SMILES string of the molecule is NNC(Cc1ccc(C(F)(F)F)cc1)c1cscc1Br. The second-order valence-corrected chi connectivity index (χ2v) is 5.89. The third-order valence-corrected chi connectivity index (χ3v) is 4.69. The van der Waals surface area contributed by atoms with E-state index in [1.165, 1.54) is 23.5 Å². The quantitative estimate of drug-likeness (QED) is 0.627. The van der Waals surface area contributed by atoms with Crippen LogP contribution in [0.15, 0.2) is 39.5 Å². The standard InChI is InChI=1S/C13H12BrF3N2S/c14-11-7-20-6-10(11)12(19-18)5-8-1-3-9(4-2-8)13(15,16)17/h1-4,6-7,12,19H,5,18H2. The lowest BCUT2D eigenvalue weighted by Gasteiger charge is -2.16. The molecule has 2 nitrogen and oxygen atoms in total. The van der Waals surface area contributed by atoms with Crippen LogP contribution in [-0.2, 0) is 12.6 Å². The van der Waals surface area contributed by atoms with Gasteiger partial charge in [0.2, 0.25) is 0 Å². The largest absolute Gasteiger partial charge is 0.416 e. The molecule has 0 aliphatic heterocycles. The molecule has 0 fully saturated rings. The summed E-state index contributed by atoms with van der Waals surface area (Å²) in [5.41, 5.74) is 3.84. The molecule has 0 amide bonds. The highest BCUT2D eigenvalue weighted by Gasteiger charge is 2.30. The third-order valence-electron chi connectivity index (χ3n) is 2.94. The van der Waals surface area contributed by atoms with Gasteiger partial charge in [0.05, 0.1) is 11.6 Å². The number of nitrogens with two attached hydrogens (primary N) is 1. The normalized spacial score (nSPS) is 13.4. The Kier molecular flexibility index (Phi) is 4.85. The summed E-state index contributed by atoms with van der Waals surface area (Å²) in [5.74, 6) is 5.53. The molecule has 0 saturated heterocycles. The van der Waals surface area contributed by atoms with E-state index in [1.54, 1.807) is 0 Å². The molecule has 0 saturated carbocycles. The maximum Gasteiger partial charge on any atom is 0.416 e. The lowest BCUT2D eigenvalue weighted by Crippen LogP contribution is -2.29. The van der Waals surface area contributed by atoms with Crippen LogP contribution in [0.25, 0.3) is 0 Å². The number of hydrogen-bond donors (Lipinski definition) is 2. The summed E-state index contributed by atoms with van der Waals surface area (Å²) in [6.45, 7) is 0. The summed E-state index contributed by atoms with van der Waals surface area (Å²) >= 11 is 4.96. The van der Waals surface area contributed by atoms with Crippen LogP contribution < -0.4 is 11.3 Å². The average molecular weight is 365 g/mol. The maximum atomic E-state index is 12.5. The van der Waals surface area contributed by atoms with Crippen molar-refractivity contribution in [3.63, 3.8) is 0 Å². The smallest absolute Gasteiger partial charge is 0.271 e. The molecule has 0 radical (unpaired) electrons. The van der Waals surface area contributed by atoms with E-state index in [9.17, 15) is 13.2 Å². The van der Waals surface area contributed by atoms with Gasteiger partial charge in [-0.15, -0.1) is 0 Å². The average Bonchev–Trinajstić information content (AvgIpc) is 2.82. The number of benzene rings is 1. The topological polar surface area (TPSA) is 38.0 Å². The van der Waals surface area contributed by atoms with E-state index in [-0.39, 0.29) is 6.04 Å². The van der Waals surface area contributed by atoms with Gasteiger partial charge in [-0.05, 0) is 51.0 Å². The van der Waals surface area contributed by atoms with Gasteiger partial charge in [-0.3, -0.25) is 11.3 Å². The molecule has 1 atom stereocenters. The zero-order chi connectivity index (χ0) is 14.8. The fraction of sp³-hybridized carbons (Fsp3) is 0.231. The predicted molar refractivity (Wildman–Crippen MR) is 77.2 cm³/mol. The lowest BCUT2D eigenvalue weighted by molar-refractivity contribution is -0.137. The van der Waals surface area contributed by atoms with Crippen molar-refractivity contribution in [2.75, 3.05) is 0 Å². The van der Waals surface area contributed by atoms with E-state index < -0.39 is 11.7 Å². The van der Waals surface area contributed by atoms with Crippen LogP contribution in [0.3, 0.4) is 0 Å². The molecule has 0 bridgehead atoms. The second kappa shape index (κ2) is 6.26. The molecule has 1 unspecified atom stereocenters. The van der Waals surface area contributed by atoms with E-state index in [1.807, 2.05) is 10.8 Å². The molecule has 1 aromatic carbocycles. The van der Waals surface area contributed by atoms with Gasteiger partial charge in [0, 0.05) is 9.85 Å². The maximum absolute atomic E-state index is 12.5. The first-order valence-corrected chi connectivity index (χ1v) is 7.49. The van der Waals surface area contributed by atoms with Gasteiger partial charge < -0.3 is 0 Å². The highest BCUT2D eigenvalue weighted by Crippen LogP contribution is 2.31. The van der Waals surface area contributed by atoms with E-state index in [0.717, 1.165) is 27.7 Å². The minimum absolute atomic E-state index is 0.146. The number of halogens is 4. The van der Waals surface area contributed by atoms with Gasteiger partial charge in [-0.2, -0.15) is 24.5 Å². The summed E-state index contributed by atoms with van der Waals surface area (Å²) in [4.78, 5) is 0. The van der Waals surface area contributed by atoms with Crippen LogP contribution in [-0.4, -0.2) is 0 Å². The van der Waals surface area contributed by atoms with Gasteiger partial charge >= 0.3 is 6.18 Å². The molecule has 2 rings (SSSR count). The molecule has 1 aromatic heterocycles. The van der Waals surface area contributed by atoms with Crippen LogP contribution in [0.4, 0.5) is 13.2 Å². The molecular weight excluding hydrogens is 353 g/mol. The molecule has 0 aliphatic rings. The van der Waals surface area contributed by atoms with Crippen molar-refractivity contribution in [3.8, 4) is 0 Å². The van der Waals surface area contributed by atoms with Crippen molar-refractivity contribution in [1.82, 2.24) is 5.43 Å². The molecule has 1 heterocycles. The number of nitrogens with one attached hydrogen (secondary N) is 1. The third kappa shape index (κ3) is 3.60. The first-order valence-electron chi connectivity index (χ1n) is 5.75. The highest BCUT2D eigenvalue weighted by atomic mass is 79.9. The van der Waals surface area contributed by atoms with Crippen molar-refractivity contribution >= 4 is 27.3 Å². The Morgan fingerprint density at radius 3 is 2.30 bits per heavy atom. The van der Waals surface area contributed by atoms with Crippen LogP contribution in [0.2, 0.25) is 0 Å². The van der Waals surface area contributed by atoms with Crippen molar-refractivity contribution in [1.29, 1.82) is 0 Å². The summed E-state index contributed by atoms with van der Waals surface area (Å²) < 4.78 is 38.4. The molecule has 3 N–H and O–H groups in total. The minimum Gasteiger partial charge on any atom is -0.271 e. The summed E-state index contributed by atoms with van der Waals surface area (Å²) in [6.07, 6.45) is -3.79. The fourth-order valence-electron chi connectivity index (χ4n) is 1.86. The van der Waals surface area contributed by atoms with Crippen molar-refractivity contribution in [2.24, 2.45) is 5.84 Å². The van der Waals surface area contributed by atoms with Gasteiger partial charge in [0.25, 0.3) is 0 Å². The second-order valence-electron chi connectivity index (χ2n) is 4.29. The summed E-state index contributed by atoms with van der Waals surface area (Å²) in [7, 11) is 0. The van der Waals surface area contributed by atoms with Crippen molar-refractivity contribution in [3.05, 3.63) is 56.2 Å². The minimum atomic E-state index is -4.31. The van der Waals surface area contributed by atoms with Crippen LogP contribution in [0.1, 0.15) is 22.7 Å². The Morgan fingerprint density at radius 2 is 1.85 bits per heavy atom. The van der Waals surface area contributed by atoms with E-state index >= 15 is 0 Å². The zero-order valence-corrected chi connectivity index (χ0v) is 12.6. The number of rotatable bonds is 4. The first kappa shape index (κ1) is 15.5. The Labute approximate surface area is 126 Å². The number of hydrazine groups is 1. The molecule has 2 aromatic rings. The summed E-state index contributed by atoms with van der Waals surface area (Å²) in [6, 6.07) is 4.99. The van der Waals surface area contributed by atoms with Gasteiger partial charge in [0.1, 0.15) is 0 Å². The molecule has 7 heteroatoms. The first-order chi connectivity index (χ1) is 9.41. The Bertz CT molecular complexity index is 566. The molecule has 0 spiro atoms. The lowest BCUT2D eigenvalue weighted by atomic mass is 10.0. The van der Waals surface area contributed by atoms with Gasteiger partial charge in [-0.25, -0.2) is 0 Å². The zero-order valence-electron chi connectivity index (χ0n) is 10.2. The Morgan fingerprint density at radius 1 is 1.20 bits per heavy atom.